The number of benzene rings is 1. The third-order valence-corrected chi connectivity index (χ3v) is 4.32. The van der Waals surface area contributed by atoms with E-state index in [1.165, 1.54) is 4.70 Å². The molecular weight excluding hydrogens is 272 g/mol. The second-order valence-electron chi connectivity index (χ2n) is 4.22. The normalized spacial score (nSPS) is 12.3. The average Bonchev–Trinajstić information content (AvgIpc) is 2.61. The lowest BCUT2D eigenvalue weighted by atomic mass is 9.95. The van der Waals surface area contributed by atoms with E-state index < -0.39 is 0 Å². The van der Waals surface area contributed by atoms with Crippen molar-refractivity contribution in [3.63, 3.8) is 0 Å². The molecule has 0 saturated carbocycles. The number of nitrogens with two attached hydrogens (primary N) is 1. The fourth-order valence-electron chi connectivity index (χ4n) is 1.28. The van der Waals surface area contributed by atoms with Crippen molar-refractivity contribution in [3.8, 4) is 0 Å². The molecule has 0 spiro atoms. The van der Waals surface area contributed by atoms with Crippen molar-refractivity contribution < 1.29 is 0 Å². The smallest absolute Gasteiger partial charge is 0.101 e. The van der Waals surface area contributed by atoms with Crippen LogP contribution >= 0.6 is 27.3 Å². The number of hydrogen-bond donors (Lipinski definition) is 1. The molecule has 80 valence electrons. The fourth-order valence-corrected chi connectivity index (χ4v) is 2.90. The third-order valence-electron chi connectivity index (χ3n) is 2.44. The summed E-state index contributed by atoms with van der Waals surface area (Å²) in [6.07, 6.45) is 0. The Morgan fingerprint density at radius 1 is 1.47 bits per heavy atom. The van der Waals surface area contributed by atoms with E-state index in [9.17, 15) is 0 Å². The van der Waals surface area contributed by atoms with Gasteiger partial charge in [0, 0.05) is 16.4 Å². The molecule has 0 saturated heterocycles. The summed E-state index contributed by atoms with van der Waals surface area (Å²) in [5, 5.41) is 1.11. The largest absolute Gasteiger partial charge is 0.330 e. The van der Waals surface area contributed by atoms with Crippen molar-refractivity contribution in [2.24, 2.45) is 5.73 Å². The van der Waals surface area contributed by atoms with Crippen molar-refractivity contribution in [2.45, 2.75) is 19.3 Å². The molecule has 2 rings (SSSR count). The molecule has 2 nitrogen and oxygen atoms in total. The van der Waals surface area contributed by atoms with Crippen LogP contribution in [0.5, 0.6) is 0 Å². The minimum Gasteiger partial charge on any atom is -0.330 e. The number of hydrogen-bond acceptors (Lipinski definition) is 3. The molecule has 4 heteroatoms. The second-order valence-corrected chi connectivity index (χ2v) is 6.17. The Balaban J connectivity index is 2.56. The van der Waals surface area contributed by atoms with E-state index in [0.717, 1.165) is 15.0 Å². The van der Waals surface area contributed by atoms with Crippen LogP contribution < -0.4 is 5.73 Å². The Hall–Kier alpha value is -0.450. The molecular formula is C11H13BrN2S. The first-order valence-electron chi connectivity index (χ1n) is 4.79. The monoisotopic (exact) mass is 284 g/mol. The van der Waals surface area contributed by atoms with Gasteiger partial charge in [0.05, 0.1) is 10.2 Å². The lowest BCUT2D eigenvalue weighted by Gasteiger charge is -2.18. The van der Waals surface area contributed by atoms with Gasteiger partial charge >= 0.3 is 0 Å². The molecule has 2 N–H and O–H groups in total. The quantitative estimate of drug-likeness (QED) is 0.919. The molecule has 0 atom stereocenters. The summed E-state index contributed by atoms with van der Waals surface area (Å²) >= 11 is 5.19. The maximum Gasteiger partial charge on any atom is 0.101 e. The van der Waals surface area contributed by atoms with Crippen molar-refractivity contribution in [2.75, 3.05) is 6.54 Å². The predicted molar refractivity (Wildman–Crippen MR) is 69.4 cm³/mol. The zero-order valence-corrected chi connectivity index (χ0v) is 11.2. The Morgan fingerprint density at radius 3 is 2.87 bits per heavy atom. The predicted octanol–water partition coefficient (Wildman–Crippen LogP) is 3.30. The van der Waals surface area contributed by atoms with Gasteiger partial charge in [-0.05, 0) is 18.2 Å². The first kappa shape index (κ1) is 11.0. The third kappa shape index (κ3) is 2.07. The van der Waals surface area contributed by atoms with Crippen LogP contribution in [0.3, 0.4) is 0 Å². The summed E-state index contributed by atoms with van der Waals surface area (Å²) in [5.41, 5.74) is 6.77. The molecule has 0 bridgehead atoms. The number of nitrogens with zero attached hydrogens (tertiary/aromatic N) is 1. The van der Waals surface area contributed by atoms with Crippen molar-refractivity contribution >= 4 is 37.5 Å². The molecule has 0 radical (unpaired) electrons. The van der Waals surface area contributed by atoms with E-state index in [1.807, 2.05) is 12.1 Å². The van der Waals surface area contributed by atoms with Crippen LogP contribution in [0.2, 0.25) is 0 Å². The van der Waals surface area contributed by atoms with E-state index in [0.29, 0.717) is 6.54 Å². The zero-order chi connectivity index (χ0) is 11.1. The first-order chi connectivity index (χ1) is 7.03. The Labute approximate surface area is 102 Å². The molecule has 0 aliphatic heterocycles. The topological polar surface area (TPSA) is 38.9 Å². The number of thiazole rings is 1. The molecule has 1 heterocycles. The van der Waals surface area contributed by atoms with Crippen LogP contribution in [0.25, 0.3) is 10.2 Å². The number of rotatable bonds is 2. The minimum absolute atomic E-state index is 0.0316. The summed E-state index contributed by atoms with van der Waals surface area (Å²) in [5.74, 6) is 0. The molecule has 0 fully saturated rings. The van der Waals surface area contributed by atoms with Crippen LogP contribution in [0.15, 0.2) is 22.7 Å². The molecule has 0 amide bonds. The fraction of sp³-hybridized carbons (Fsp3) is 0.364. The van der Waals surface area contributed by atoms with Gasteiger partial charge in [-0.2, -0.15) is 0 Å². The molecule has 1 aromatic heterocycles. The van der Waals surface area contributed by atoms with Gasteiger partial charge in [0.2, 0.25) is 0 Å². The molecule has 0 unspecified atom stereocenters. The highest BCUT2D eigenvalue weighted by Gasteiger charge is 2.22. The van der Waals surface area contributed by atoms with Gasteiger partial charge in [-0.1, -0.05) is 29.8 Å². The van der Waals surface area contributed by atoms with Crippen LogP contribution in [-0.2, 0) is 5.41 Å². The lowest BCUT2D eigenvalue weighted by Crippen LogP contribution is -2.27. The van der Waals surface area contributed by atoms with E-state index in [1.54, 1.807) is 11.3 Å². The van der Waals surface area contributed by atoms with E-state index in [2.05, 4.69) is 40.8 Å². The molecule has 1 aromatic carbocycles. The van der Waals surface area contributed by atoms with Gasteiger partial charge in [-0.3, -0.25) is 0 Å². The zero-order valence-electron chi connectivity index (χ0n) is 8.75. The summed E-state index contributed by atoms with van der Waals surface area (Å²) in [7, 11) is 0. The highest BCUT2D eigenvalue weighted by Crippen LogP contribution is 2.32. The van der Waals surface area contributed by atoms with Gasteiger partial charge in [0.25, 0.3) is 0 Å². The Bertz CT molecular complexity index is 490. The lowest BCUT2D eigenvalue weighted by molar-refractivity contribution is 0.536. The maximum absolute atomic E-state index is 5.75. The van der Waals surface area contributed by atoms with Crippen LogP contribution in [0.1, 0.15) is 18.9 Å². The highest BCUT2D eigenvalue weighted by atomic mass is 79.9. The highest BCUT2D eigenvalue weighted by molar-refractivity contribution is 9.10. The van der Waals surface area contributed by atoms with Crippen LogP contribution in [0, 0.1) is 0 Å². The molecule has 0 aliphatic rings. The summed E-state index contributed by atoms with van der Waals surface area (Å²) in [4.78, 5) is 4.61. The first-order valence-corrected chi connectivity index (χ1v) is 6.40. The van der Waals surface area contributed by atoms with Crippen molar-refractivity contribution in [3.05, 3.63) is 27.7 Å². The van der Waals surface area contributed by atoms with Crippen molar-refractivity contribution in [1.82, 2.24) is 4.98 Å². The van der Waals surface area contributed by atoms with E-state index in [-0.39, 0.29) is 5.41 Å². The van der Waals surface area contributed by atoms with Crippen molar-refractivity contribution in [1.29, 1.82) is 0 Å². The SMILES string of the molecule is CC(C)(CN)c1nc2ccc(Br)cc2s1. The van der Waals surface area contributed by atoms with Gasteiger partial charge in [-0.25, -0.2) is 4.98 Å². The average molecular weight is 285 g/mol. The van der Waals surface area contributed by atoms with Gasteiger partial charge in [0.15, 0.2) is 0 Å². The van der Waals surface area contributed by atoms with Crippen LogP contribution in [-0.4, -0.2) is 11.5 Å². The van der Waals surface area contributed by atoms with Crippen LogP contribution in [0.4, 0.5) is 0 Å². The van der Waals surface area contributed by atoms with Gasteiger partial charge in [0.1, 0.15) is 5.01 Å². The van der Waals surface area contributed by atoms with E-state index >= 15 is 0 Å². The number of fused-ring (bicyclic) bond motifs is 1. The Morgan fingerprint density at radius 2 is 2.20 bits per heavy atom. The number of halogens is 1. The van der Waals surface area contributed by atoms with Gasteiger partial charge in [-0.15, -0.1) is 11.3 Å². The Kier molecular flexibility index (Phi) is 2.83. The molecule has 2 aromatic rings. The summed E-state index contributed by atoms with van der Waals surface area (Å²) < 4.78 is 2.30. The summed E-state index contributed by atoms with van der Waals surface area (Å²) in [6, 6.07) is 6.15. The summed E-state index contributed by atoms with van der Waals surface area (Å²) in [6.45, 7) is 4.87. The van der Waals surface area contributed by atoms with E-state index in [4.69, 9.17) is 5.73 Å². The second kappa shape index (κ2) is 3.85. The standard InChI is InChI=1S/C11H13BrN2S/c1-11(2,6-13)10-14-8-4-3-7(12)5-9(8)15-10/h3-5H,6,13H2,1-2H3. The van der Waals surface area contributed by atoms with Gasteiger partial charge < -0.3 is 5.73 Å². The molecule has 0 aliphatic carbocycles. The number of aromatic nitrogens is 1. The molecule has 15 heavy (non-hydrogen) atoms. The maximum atomic E-state index is 5.75. The minimum atomic E-state index is -0.0316.